The Kier molecular flexibility index (Phi) is 3.82. The van der Waals surface area contributed by atoms with Crippen LogP contribution in [0.4, 0.5) is 0 Å². The van der Waals surface area contributed by atoms with Crippen molar-refractivity contribution in [1.29, 1.82) is 0 Å². The molecule has 0 fully saturated rings. The largest absolute Gasteiger partial charge is 0.459 e. The van der Waals surface area contributed by atoms with Gasteiger partial charge in [-0.05, 0) is 19.2 Å². The van der Waals surface area contributed by atoms with E-state index in [1.807, 2.05) is 25.2 Å². The summed E-state index contributed by atoms with van der Waals surface area (Å²) in [6, 6.07) is 10.3. The van der Waals surface area contributed by atoms with Crippen LogP contribution in [0, 0.1) is 0 Å². The summed E-state index contributed by atoms with van der Waals surface area (Å²) in [4.78, 5) is 0. The molecule has 0 aliphatic rings. The lowest BCUT2D eigenvalue weighted by Gasteiger charge is -2.11. The number of nitrogens with zero attached hydrogens (tertiary/aromatic N) is 2. The van der Waals surface area contributed by atoms with Crippen LogP contribution in [0.25, 0.3) is 11.0 Å². The zero-order valence-corrected chi connectivity index (χ0v) is 12.0. The fourth-order valence-electron chi connectivity index (χ4n) is 1.86. The smallest absolute Gasteiger partial charge is 0.174 e. The van der Waals surface area contributed by atoms with Crippen molar-refractivity contribution in [3.05, 3.63) is 41.6 Å². The normalized spacial score (nSPS) is 12.9. The Morgan fingerprint density at radius 1 is 1.42 bits per heavy atom. The van der Waals surface area contributed by atoms with E-state index in [2.05, 4.69) is 27.6 Å². The number of thioether (sulfide) groups is 1. The molecule has 0 aliphatic carbocycles. The second-order valence-electron chi connectivity index (χ2n) is 4.04. The molecule has 19 heavy (non-hydrogen) atoms. The van der Waals surface area contributed by atoms with Gasteiger partial charge in [-0.3, -0.25) is 0 Å². The Hall–Kier alpha value is -1.37. The lowest BCUT2D eigenvalue weighted by atomic mass is 10.2. The molecule has 1 unspecified atom stereocenters. The summed E-state index contributed by atoms with van der Waals surface area (Å²) < 4.78 is 6.87. The molecule has 1 atom stereocenters. The molecule has 0 saturated carbocycles. The number of rotatable bonds is 5. The first-order valence-corrected chi connectivity index (χ1v) is 7.78. The number of hydrogen-bond acceptors (Lipinski definition) is 6. The standard InChI is InChI=1S/C13H13N3OS2/c1-14-10(7-18-13-16-15-8-19-13)12-6-9-4-2-3-5-11(9)17-12/h2-6,8,10,14H,7H2,1H3. The first kappa shape index (κ1) is 12.7. The van der Waals surface area contributed by atoms with E-state index in [1.165, 1.54) is 0 Å². The third kappa shape index (κ3) is 2.80. The van der Waals surface area contributed by atoms with Gasteiger partial charge in [0.1, 0.15) is 16.9 Å². The van der Waals surface area contributed by atoms with Crippen LogP contribution in [0.15, 0.2) is 44.6 Å². The Balaban J connectivity index is 1.77. The number of aromatic nitrogens is 2. The molecule has 6 heteroatoms. The highest BCUT2D eigenvalue weighted by atomic mass is 32.2. The molecule has 4 nitrogen and oxygen atoms in total. The topological polar surface area (TPSA) is 51.0 Å². The predicted molar refractivity (Wildman–Crippen MR) is 78.6 cm³/mol. The van der Waals surface area contributed by atoms with E-state index in [4.69, 9.17) is 4.42 Å². The van der Waals surface area contributed by atoms with Crippen LogP contribution in [0.2, 0.25) is 0 Å². The molecule has 1 N–H and O–H groups in total. The quantitative estimate of drug-likeness (QED) is 0.731. The summed E-state index contributed by atoms with van der Waals surface area (Å²) in [6.45, 7) is 0. The predicted octanol–water partition coefficient (Wildman–Crippen LogP) is 3.34. The maximum atomic E-state index is 5.88. The van der Waals surface area contributed by atoms with E-state index in [0.29, 0.717) is 0 Å². The lowest BCUT2D eigenvalue weighted by molar-refractivity contribution is 0.479. The zero-order chi connectivity index (χ0) is 13.1. The van der Waals surface area contributed by atoms with Crippen LogP contribution in [0.3, 0.4) is 0 Å². The van der Waals surface area contributed by atoms with Crippen LogP contribution in [0.5, 0.6) is 0 Å². The highest BCUT2D eigenvalue weighted by molar-refractivity contribution is 8.01. The van der Waals surface area contributed by atoms with Gasteiger partial charge in [0, 0.05) is 11.1 Å². The van der Waals surface area contributed by atoms with Gasteiger partial charge in [0.05, 0.1) is 6.04 Å². The van der Waals surface area contributed by atoms with Crippen molar-refractivity contribution in [2.24, 2.45) is 0 Å². The molecule has 0 saturated heterocycles. The first-order chi connectivity index (χ1) is 9.36. The summed E-state index contributed by atoms with van der Waals surface area (Å²) in [5.74, 6) is 1.83. The van der Waals surface area contributed by atoms with Crippen molar-refractivity contribution in [1.82, 2.24) is 15.5 Å². The fraction of sp³-hybridized carbons (Fsp3) is 0.231. The summed E-state index contributed by atoms with van der Waals surface area (Å²) in [6.07, 6.45) is 0. The minimum atomic E-state index is 0.168. The van der Waals surface area contributed by atoms with E-state index < -0.39 is 0 Å². The van der Waals surface area contributed by atoms with E-state index in [1.54, 1.807) is 28.6 Å². The molecule has 0 spiro atoms. The Labute approximate surface area is 119 Å². The molecule has 98 valence electrons. The molecule has 2 aromatic heterocycles. The fourth-order valence-corrected chi connectivity index (χ4v) is 3.49. The van der Waals surface area contributed by atoms with Crippen LogP contribution in [-0.2, 0) is 0 Å². The van der Waals surface area contributed by atoms with Crippen molar-refractivity contribution in [3.8, 4) is 0 Å². The number of para-hydroxylation sites is 1. The van der Waals surface area contributed by atoms with Gasteiger partial charge in [-0.25, -0.2) is 0 Å². The van der Waals surface area contributed by atoms with E-state index >= 15 is 0 Å². The molecule has 3 aromatic rings. The summed E-state index contributed by atoms with van der Waals surface area (Å²) in [5.41, 5.74) is 2.68. The molecule has 3 rings (SSSR count). The summed E-state index contributed by atoms with van der Waals surface area (Å²) in [5, 5.41) is 12.3. The maximum absolute atomic E-state index is 5.88. The third-order valence-electron chi connectivity index (χ3n) is 2.85. The maximum Gasteiger partial charge on any atom is 0.174 e. The molecular weight excluding hydrogens is 278 g/mol. The lowest BCUT2D eigenvalue weighted by Crippen LogP contribution is -2.17. The summed E-state index contributed by atoms with van der Waals surface area (Å²) >= 11 is 3.24. The van der Waals surface area contributed by atoms with Gasteiger partial charge in [0.2, 0.25) is 0 Å². The van der Waals surface area contributed by atoms with Crippen molar-refractivity contribution in [2.75, 3.05) is 12.8 Å². The summed E-state index contributed by atoms with van der Waals surface area (Å²) in [7, 11) is 1.94. The van der Waals surface area contributed by atoms with E-state index in [0.717, 1.165) is 26.8 Å². The van der Waals surface area contributed by atoms with Crippen LogP contribution in [-0.4, -0.2) is 23.0 Å². The van der Waals surface area contributed by atoms with Crippen molar-refractivity contribution >= 4 is 34.1 Å². The molecule has 0 radical (unpaired) electrons. The average Bonchev–Trinajstić information content (AvgIpc) is 3.08. The number of benzene rings is 1. The van der Waals surface area contributed by atoms with Crippen molar-refractivity contribution in [3.63, 3.8) is 0 Å². The van der Waals surface area contributed by atoms with Gasteiger partial charge in [-0.15, -0.1) is 10.2 Å². The van der Waals surface area contributed by atoms with Crippen molar-refractivity contribution in [2.45, 2.75) is 10.4 Å². The minimum absolute atomic E-state index is 0.168. The first-order valence-electron chi connectivity index (χ1n) is 5.91. The number of fused-ring (bicyclic) bond motifs is 1. The van der Waals surface area contributed by atoms with Gasteiger partial charge in [0.25, 0.3) is 0 Å². The van der Waals surface area contributed by atoms with Gasteiger partial charge in [0.15, 0.2) is 4.34 Å². The van der Waals surface area contributed by atoms with E-state index in [-0.39, 0.29) is 6.04 Å². The highest BCUT2D eigenvalue weighted by Crippen LogP contribution is 2.28. The second-order valence-corrected chi connectivity index (χ2v) is 6.14. The monoisotopic (exact) mass is 291 g/mol. The van der Waals surface area contributed by atoms with Gasteiger partial charge >= 0.3 is 0 Å². The number of hydrogen-bond donors (Lipinski definition) is 1. The zero-order valence-electron chi connectivity index (χ0n) is 10.4. The van der Waals surface area contributed by atoms with Crippen LogP contribution >= 0.6 is 23.1 Å². The van der Waals surface area contributed by atoms with Gasteiger partial charge in [-0.2, -0.15) is 0 Å². The van der Waals surface area contributed by atoms with Crippen molar-refractivity contribution < 1.29 is 4.42 Å². The Bertz CT molecular complexity index is 618. The third-order valence-corrected chi connectivity index (χ3v) is 4.80. The molecular formula is C13H13N3OS2. The highest BCUT2D eigenvalue weighted by Gasteiger charge is 2.15. The number of furan rings is 1. The van der Waals surface area contributed by atoms with Crippen LogP contribution < -0.4 is 5.32 Å². The van der Waals surface area contributed by atoms with Gasteiger partial charge in [-0.1, -0.05) is 41.3 Å². The molecule has 0 bridgehead atoms. The molecule has 2 heterocycles. The Morgan fingerprint density at radius 3 is 3.05 bits per heavy atom. The van der Waals surface area contributed by atoms with E-state index in [9.17, 15) is 0 Å². The molecule has 1 aromatic carbocycles. The van der Waals surface area contributed by atoms with Gasteiger partial charge < -0.3 is 9.73 Å². The Morgan fingerprint density at radius 2 is 2.32 bits per heavy atom. The molecule has 0 aliphatic heterocycles. The minimum Gasteiger partial charge on any atom is -0.459 e. The SMILES string of the molecule is CNC(CSc1nncs1)c1cc2ccccc2o1. The molecule has 0 amide bonds. The van der Waals surface area contributed by atoms with Crippen LogP contribution in [0.1, 0.15) is 11.8 Å². The number of nitrogens with one attached hydrogen (secondary N) is 1. The second kappa shape index (κ2) is 5.73. The average molecular weight is 291 g/mol.